The third-order valence-corrected chi connectivity index (χ3v) is 2.93. The van der Waals surface area contributed by atoms with Crippen molar-refractivity contribution < 1.29 is 9.84 Å². The summed E-state index contributed by atoms with van der Waals surface area (Å²) in [4.78, 5) is 0. The maximum atomic E-state index is 10.1. The van der Waals surface area contributed by atoms with Gasteiger partial charge < -0.3 is 15.6 Å². The lowest BCUT2D eigenvalue weighted by molar-refractivity contribution is -0.0554. The molecule has 3 nitrogen and oxygen atoms in total. The summed E-state index contributed by atoms with van der Waals surface area (Å²) >= 11 is 0. The second-order valence-electron chi connectivity index (χ2n) is 4.34. The lowest BCUT2D eigenvalue weighted by Crippen LogP contribution is -2.44. The van der Waals surface area contributed by atoms with Gasteiger partial charge in [-0.05, 0) is 25.2 Å². The molecular formula is C11H23NO2. The van der Waals surface area contributed by atoms with Gasteiger partial charge in [0.2, 0.25) is 0 Å². The summed E-state index contributed by atoms with van der Waals surface area (Å²) in [5.41, 5.74) is 4.82. The van der Waals surface area contributed by atoms with E-state index in [1.54, 1.807) is 0 Å². The molecule has 1 saturated carbocycles. The third-order valence-electron chi connectivity index (χ3n) is 2.93. The van der Waals surface area contributed by atoms with Gasteiger partial charge in [-0.3, -0.25) is 0 Å². The van der Waals surface area contributed by atoms with Gasteiger partial charge in [-0.1, -0.05) is 19.8 Å². The average molecular weight is 201 g/mol. The van der Waals surface area contributed by atoms with Crippen molar-refractivity contribution in [3.63, 3.8) is 0 Å². The van der Waals surface area contributed by atoms with E-state index < -0.39 is 5.60 Å². The molecule has 0 amide bonds. The molecule has 0 heterocycles. The van der Waals surface area contributed by atoms with E-state index in [1.165, 1.54) is 12.8 Å². The zero-order valence-electron chi connectivity index (χ0n) is 9.17. The summed E-state index contributed by atoms with van der Waals surface area (Å²) in [6.45, 7) is 3.66. The number of hydrogen-bond acceptors (Lipinski definition) is 3. The Labute approximate surface area is 86.6 Å². The number of unbranched alkanes of at least 4 members (excludes halogenated alkanes) is 2. The van der Waals surface area contributed by atoms with Crippen LogP contribution in [0.1, 0.15) is 39.0 Å². The van der Waals surface area contributed by atoms with Crippen molar-refractivity contribution in [1.82, 2.24) is 0 Å². The van der Waals surface area contributed by atoms with Crippen molar-refractivity contribution in [3.05, 3.63) is 0 Å². The highest BCUT2D eigenvalue weighted by molar-refractivity contribution is 4.95. The van der Waals surface area contributed by atoms with E-state index in [2.05, 4.69) is 6.92 Å². The predicted molar refractivity (Wildman–Crippen MR) is 57.1 cm³/mol. The van der Waals surface area contributed by atoms with Gasteiger partial charge in [-0.15, -0.1) is 0 Å². The van der Waals surface area contributed by atoms with Crippen LogP contribution in [0.4, 0.5) is 0 Å². The van der Waals surface area contributed by atoms with Gasteiger partial charge in [-0.25, -0.2) is 0 Å². The van der Waals surface area contributed by atoms with Crippen molar-refractivity contribution in [2.45, 2.75) is 44.6 Å². The van der Waals surface area contributed by atoms with Gasteiger partial charge >= 0.3 is 0 Å². The van der Waals surface area contributed by atoms with Gasteiger partial charge in [0, 0.05) is 13.2 Å². The lowest BCUT2D eigenvalue weighted by atomic mass is 9.99. The molecule has 0 saturated heterocycles. The maximum absolute atomic E-state index is 10.1. The molecular weight excluding hydrogens is 178 g/mol. The fourth-order valence-corrected chi connectivity index (χ4v) is 1.67. The summed E-state index contributed by atoms with van der Waals surface area (Å²) in [5.74, 6) is 0.388. The van der Waals surface area contributed by atoms with Crippen molar-refractivity contribution in [1.29, 1.82) is 0 Å². The third kappa shape index (κ3) is 3.56. The molecule has 1 fully saturated rings. The topological polar surface area (TPSA) is 55.5 Å². The molecule has 0 aromatic rings. The predicted octanol–water partition coefficient (Wildman–Crippen LogP) is 1.29. The Balaban J connectivity index is 2.08. The molecule has 84 valence electrons. The largest absolute Gasteiger partial charge is 0.386 e. The zero-order chi connectivity index (χ0) is 10.4. The Morgan fingerprint density at radius 1 is 1.43 bits per heavy atom. The van der Waals surface area contributed by atoms with Crippen LogP contribution >= 0.6 is 0 Å². The minimum Gasteiger partial charge on any atom is -0.386 e. The van der Waals surface area contributed by atoms with Crippen LogP contribution in [0, 0.1) is 5.92 Å². The van der Waals surface area contributed by atoms with E-state index in [9.17, 15) is 5.11 Å². The second-order valence-corrected chi connectivity index (χ2v) is 4.34. The van der Waals surface area contributed by atoms with Gasteiger partial charge in [0.05, 0.1) is 6.61 Å². The fraction of sp³-hybridized carbons (Fsp3) is 1.00. The van der Waals surface area contributed by atoms with Crippen LogP contribution in [-0.4, -0.2) is 30.5 Å². The minimum absolute atomic E-state index is 0.325. The number of aliphatic hydroxyl groups is 1. The van der Waals surface area contributed by atoms with Gasteiger partial charge in [0.1, 0.15) is 5.60 Å². The summed E-state index contributed by atoms with van der Waals surface area (Å²) in [6.07, 6.45) is 5.69. The number of nitrogens with two attached hydrogens (primary N) is 1. The van der Waals surface area contributed by atoms with Crippen LogP contribution in [0.5, 0.6) is 0 Å². The van der Waals surface area contributed by atoms with E-state index >= 15 is 0 Å². The smallest absolute Gasteiger partial charge is 0.103 e. The fourth-order valence-electron chi connectivity index (χ4n) is 1.67. The molecule has 0 bridgehead atoms. The zero-order valence-corrected chi connectivity index (χ0v) is 9.17. The molecule has 1 aliphatic carbocycles. The molecule has 1 atom stereocenters. The van der Waals surface area contributed by atoms with Crippen LogP contribution in [0.3, 0.4) is 0 Å². The number of hydrogen-bond donors (Lipinski definition) is 2. The first-order chi connectivity index (χ1) is 6.73. The lowest BCUT2D eigenvalue weighted by Gasteiger charge is -2.26. The minimum atomic E-state index is -0.744. The monoisotopic (exact) mass is 201 g/mol. The number of rotatable bonds is 8. The highest BCUT2D eigenvalue weighted by Crippen LogP contribution is 2.39. The molecule has 1 rings (SSSR count). The summed E-state index contributed by atoms with van der Waals surface area (Å²) in [6, 6.07) is 0. The first-order valence-corrected chi connectivity index (χ1v) is 5.73. The van der Waals surface area contributed by atoms with Crippen LogP contribution in [0.25, 0.3) is 0 Å². The van der Waals surface area contributed by atoms with E-state index in [0.29, 0.717) is 19.1 Å². The van der Waals surface area contributed by atoms with Crippen LogP contribution in [0.2, 0.25) is 0 Å². The van der Waals surface area contributed by atoms with Crippen molar-refractivity contribution >= 4 is 0 Å². The molecule has 3 heteroatoms. The van der Waals surface area contributed by atoms with Crippen molar-refractivity contribution in [2.75, 3.05) is 19.8 Å². The highest BCUT2D eigenvalue weighted by atomic mass is 16.5. The molecule has 0 aromatic heterocycles. The Bertz CT molecular complexity index is 159. The molecule has 1 aliphatic rings. The normalized spacial score (nSPS) is 20.8. The van der Waals surface area contributed by atoms with Crippen LogP contribution in [0.15, 0.2) is 0 Å². The molecule has 0 radical (unpaired) electrons. The molecule has 0 aliphatic heterocycles. The Kier molecular flexibility index (Phi) is 4.85. The molecule has 14 heavy (non-hydrogen) atoms. The molecule has 0 aromatic carbocycles. The van der Waals surface area contributed by atoms with Crippen LogP contribution < -0.4 is 5.73 Å². The summed E-state index contributed by atoms with van der Waals surface area (Å²) < 4.78 is 5.46. The maximum Gasteiger partial charge on any atom is 0.103 e. The quantitative estimate of drug-likeness (QED) is 0.582. The van der Waals surface area contributed by atoms with Crippen molar-refractivity contribution in [3.8, 4) is 0 Å². The second kappa shape index (κ2) is 5.69. The first-order valence-electron chi connectivity index (χ1n) is 5.73. The Morgan fingerprint density at radius 3 is 2.64 bits per heavy atom. The van der Waals surface area contributed by atoms with Gasteiger partial charge in [0.25, 0.3) is 0 Å². The van der Waals surface area contributed by atoms with E-state index in [0.717, 1.165) is 25.9 Å². The Hall–Kier alpha value is -0.120. The van der Waals surface area contributed by atoms with Gasteiger partial charge in [-0.2, -0.15) is 0 Å². The number of ether oxygens (including phenoxy) is 1. The summed E-state index contributed by atoms with van der Waals surface area (Å²) in [7, 11) is 0. The molecule has 0 spiro atoms. The van der Waals surface area contributed by atoms with E-state index in [-0.39, 0.29) is 0 Å². The van der Waals surface area contributed by atoms with E-state index in [4.69, 9.17) is 10.5 Å². The van der Waals surface area contributed by atoms with Crippen molar-refractivity contribution in [2.24, 2.45) is 11.7 Å². The standard InChI is InChI=1S/C11H23NO2/c1-2-3-4-7-14-9-11(13,8-12)10-5-6-10/h10,13H,2-9,12H2,1H3. The first kappa shape index (κ1) is 12.0. The summed E-state index contributed by atoms with van der Waals surface area (Å²) in [5, 5.41) is 10.1. The average Bonchev–Trinajstić information content (AvgIpc) is 3.01. The Morgan fingerprint density at radius 2 is 2.14 bits per heavy atom. The molecule has 3 N–H and O–H groups in total. The van der Waals surface area contributed by atoms with E-state index in [1.807, 2.05) is 0 Å². The highest BCUT2D eigenvalue weighted by Gasteiger charge is 2.42. The SMILES string of the molecule is CCCCCOCC(O)(CN)C1CC1. The van der Waals surface area contributed by atoms with Gasteiger partial charge in [0.15, 0.2) is 0 Å². The van der Waals surface area contributed by atoms with Crippen LogP contribution in [-0.2, 0) is 4.74 Å². The molecule has 1 unspecified atom stereocenters.